The lowest BCUT2D eigenvalue weighted by atomic mass is 10.2. The van der Waals surface area contributed by atoms with Crippen molar-refractivity contribution >= 4 is 16.7 Å². The third-order valence-corrected chi connectivity index (χ3v) is 4.34. The van der Waals surface area contributed by atoms with Gasteiger partial charge in [0.25, 0.3) is 0 Å². The molecule has 0 saturated carbocycles. The minimum absolute atomic E-state index is 0.513. The van der Waals surface area contributed by atoms with Gasteiger partial charge in [0.2, 0.25) is 0 Å². The molecule has 3 heterocycles. The summed E-state index contributed by atoms with van der Waals surface area (Å²) in [5.41, 5.74) is 4.96. The summed E-state index contributed by atoms with van der Waals surface area (Å²) in [7, 11) is 2.17. The van der Waals surface area contributed by atoms with Crippen LogP contribution in [-0.2, 0) is 0 Å². The van der Waals surface area contributed by atoms with Crippen LogP contribution in [0.15, 0.2) is 30.3 Å². The molecule has 0 spiro atoms. The molecule has 5 nitrogen and oxygen atoms in total. The van der Waals surface area contributed by atoms with E-state index in [9.17, 15) is 0 Å². The number of aromatic nitrogens is 3. The van der Waals surface area contributed by atoms with Gasteiger partial charge in [-0.05, 0) is 44.3 Å². The summed E-state index contributed by atoms with van der Waals surface area (Å²) in [5, 5.41) is 0. The predicted molar refractivity (Wildman–Crippen MR) is 90.3 cm³/mol. The molecular weight excluding hydrogens is 274 g/mol. The number of imidazole rings is 1. The van der Waals surface area contributed by atoms with Gasteiger partial charge in [-0.3, -0.25) is 0 Å². The van der Waals surface area contributed by atoms with Crippen molar-refractivity contribution in [3.8, 4) is 11.5 Å². The van der Waals surface area contributed by atoms with Gasteiger partial charge in [0.15, 0.2) is 5.82 Å². The Labute approximate surface area is 131 Å². The Morgan fingerprint density at radius 3 is 2.68 bits per heavy atom. The minimum Gasteiger partial charge on any atom is -0.369 e. The van der Waals surface area contributed by atoms with Crippen molar-refractivity contribution in [3.05, 3.63) is 36.0 Å². The molecule has 2 N–H and O–H groups in total. The summed E-state index contributed by atoms with van der Waals surface area (Å²) < 4.78 is 7.82. The van der Waals surface area contributed by atoms with Crippen molar-refractivity contribution in [2.75, 3.05) is 38.1 Å². The average molecular weight is 296 g/mol. The number of fused-ring (bicyclic) bond motifs is 1. The molecule has 0 atom stereocenters. The van der Waals surface area contributed by atoms with Crippen molar-refractivity contribution in [2.45, 2.75) is 6.92 Å². The van der Waals surface area contributed by atoms with Gasteiger partial charge in [0.1, 0.15) is 0 Å². The molecule has 0 bridgehead atoms. The highest BCUT2D eigenvalue weighted by Crippen LogP contribution is 2.25. The van der Waals surface area contributed by atoms with Crippen LogP contribution in [0.2, 0.25) is 0 Å². The zero-order chi connectivity index (χ0) is 16.0. The number of likely N-dealkylation sites (N-methyl/N-ethyl adjacent to an activating group) is 1. The Morgan fingerprint density at radius 1 is 1.14 bits per heavy atom. The monoisotopic (exact) mass is 296 g/mol. The molecule has 5 heteroatoms. The van der Waals surface area contributed by atoms with E-state index in [1.165, 1.54) is 5.69 Å². The van der Waals surface area contributed by atoms with Crippen LogP contribution in [0.25, 0.3) is 22.6 Å². The molecule has 0 radical (unpaired) electrons. The molecule has 1 aliphatic heterocycles. The van der Waals surface area contributed by atoms with Crippen LogP contribution in [0, 0.1) is 6.92 Å². The lowest BCUT2D eigenvalue weighted by Gasteiger charge is -2.34. The molecule has 2 aromatic heterocycles. The summed E-state index contributed by atoms with van der Waals surface area (Å²) >= 11 is 0. The highest BCUT2D eigenvalue weighted by Gasteiger charge is 2.15. The Hall–Kier alpha value is -2.27. The number of benzene rings is 1. The third kappa shape index (κ3) is 2.37. The molecule has 1 saturated heterocycles. The van der Waals surface area contributed by atoms with E-state index in [0.29, 0.717) is 6.04 Å². The van der Waals surface area contributed by atoms with E-state index in [1.807, 2.05) is 13.0 Å². The number of piperazine rings is 1. The molecule has 1 fully saturated rings. The van der Waals surface area contributed by atoms with Gasteiger partial charge in [0.05, 0.1) is 18.1 Å². The second-order valence-electron chi connectivity index (χ2n) is 6.03. The highest BCUT2D eigenvalue weighted by molar-refractivity contribution is 5.82. The third-order valence-electron chi connectivity index (χ3n) is 4.34. The van der Waals surface area contributed by atoms with Gasteiger partial charge < -0.3 is 19.8 Å². The van der Waals surface area contributed by atoms with Crippen LogP contribution < -0.4 is 4.90 Å². The topological polar surface area (TPSA) is 51.0 Å². The van der Waals surface area contributed by atoms with Crippen molar-refractivity contribution in [2.24, 2.45) is 0 Å². The standard InChI is InChI=1S/C17H21N5/c1-12-3-5-15(18-12)17-19-14-6-4-13(11-16(14)20-17)22-9-7-21(2)8-10-22/h3-6,11,18H,7-10H2,1-2H3,(H,19,20)/i3D. The maximum absolute atomic E-state index is 7.82. The van der Waals surface area contributed by atoms with Gasteiger partial charge in [-0.1, -0.05) is 0 Å². The average Bonchev–Trinajstić information content (AvgIpc) is 3.11. The molecule has 3 aromatic rings. The number of H-pyrrole nitrogens is 2. The Bertz CT molecular complexity index is 822. The fourth-order valence-electron chi connectivity index (χ4n) is 2.97. The molecule has 1 aromatic carbocycles. The van der Waals surface area contributed by atoms with E-state index in [4.69, 9.17) is 1.37 Å². The molecule has 0 unspecified atom stereocenters. The number of aromatic amines is 2. The van der Waals surface area contributed by atoms with Crippen LogP contribution in [0.4, 0.5) is 5.69 Å². The van der Waals surface area contributed by atoms with Crippen LogP contribution in [0.1, 0.15) is 7.06 Å². The van der Waals surface area contributed by atoms with E-state index >= 15 is 0 Å². The van der Waals surface area contributed by atoms with E-state index in [2.05, 4.69) is 50.0 Å². The largest absolute Gasteiger partial charge is 0.369 e. The molecular formula is C17H21N5. The van der Waals surface area contributed by atoms with Gasteiger partial charge in [-0.2, -0.15) is 0 Å². The van der Waals surface area contributed by atoms with E-state index in [0.717, 1.165) is 54.4 Å². The first-order valence-corrected chi connectivity index (χ1v) is 7.70. The minimum atomic E-state index is 0.513. The van der Waals surface area contributed by atoms with Gasteiger partial charge in [-0.25, -0.2) is 4.98 Å². The zero-order valence-electron chi connectivity index (χ0n) is 14.0. The van der Waals surface area contributed by atoms with Crippen LogP contribution in [0.5, 0.6) is 0 Å². The van der Waals surface area contributed by atoms with Crippen LogP contribution >= 0.6 is 0 Å². The van der Waals surface area contributed by atoms with E-state index in [1.54, 1.807) is 0 Å². The molecule has 114 valence electrons. The highest BCUT2D eigenvalue weighted by atomic mass is 15.2. The molecule has 1 aliphatic rings. The first-order valence-electron chi connectivity index (χ1n) is 8.20. The maximum Gasteiger partial charge on any atom is 0.154 e. The second-order valence-corrected chi connectivity index (χ2v) is 6.03. The summed E-state index contributed by atoms with van der Waals surface area (Å²) in [6.45, 7) is 6.21. The lowest BCUT2D eigenvalue weighted by Crippen LogP contribution is -2.44. The van der Waals surface area contributed by atoms with Crippen LogP contribution in [-0.4, -0.2) is 53.1 Å². The van der Waals surface area contributed by atoms with Crippen LogP contribution in [0.3, 0.4) is 0 Å². The zero-order valence-corrected chi connectivity index (χ0v) is 13.0. The second kappa shape index (κ2) is 5.18. The molecule has 0 amide bonds. The number of anilines is 1. The number of nitrogens with one attached hydrogen (secondary N) is 2. The smallest absolute Gasteiger partial charge is 0.154 e. The quantitative estimate of drug-likeness (QED) is 0.764. The predicted octanol–water partition coefficient (Wildman–Crippen LogP) is 2.62. The van der Waals surface area contributed by atoms with Gasteiger partial charge >= 0.3 is 0 Å². The normalized spacial score (nSPS) is 17.2. The van der Waals surface area contributed by atoms with Crippen molar-refractivity contribution < 1.29 is 1.37 Å². The molecule has 22 heavy (non-hydrogen) atoms. The SMILES string of the molecule is [2H]c1cc(-c2nc3ccc(N4CCN(C)CC4)cc3[nH]2)[nH]c1C. The van der Waals surface area contributed by atoms with Crippen molar-refractivity contribution in [3.63, 3.8) is 0 Å². The van der Waals surface area contributed by atoms with E-state index in [-0.39, 0.29) is 0 Å². The van der Waals surface area contributed by atoms with Gasteiger partial charge in [-0.15, -0.1) is 0 Å². The van der Waals surface area contributed by atoms with Gasteiger partial charge in [0, 0.05) is 37.6 Å². The fraction of sp³-hybridized carbons (Fsp3) is 0.353. The summed E-state index contributed by atoms with van der Waals surface area (Å²) in [5.74, 6) is 0.789. The summed E-state index contributed by atoms with van der Waals surface area (Å²) in [6.07, 6.45) is 0. The van der Waals surface area contributed by atoms with E-state index < -0.39 is 0 Å². The molecule has 0 aliphatic carbocycles. The Kier molecular flexibility index (Phi) is 2.89. The molecule has 4 rings (SSSR count). The fourth-order valence-corrected chi connectivity index (χ4v) is 2.97. The first-order chi connectivity index (χ1) is 11.1. The number of hydrogen-bond donors (Lipinski definition) is 2. The van der Waals surface area contributed by atoms with Crippen molar-refractivity contribution in [1.82, 2.24) is 19.9 Å². The maximum atomic E-state index is 7.82. The summed E-state index contributed by atoms with van der Waals surface area (Å²) in [4.78, 5) is 16.0. The lowest BCUT2D eigenvalue weighted by molar-refractivity contribution is 0.313. The van der Waals surface area contributed by atoms with Crippen molar-refractivity contribution in [1.29, 1.82) is 0 Å². The first kappa shape index (κ1) is 12.3. The number of rotatable bonds is 2. The Morgan fingerprint density at radius 2 is 1.95 bits per heavy atom. The number of aryl methyl sites for hydroxylation is 1. The number of hydrogen-bond acceptors (Lipinski definition) is 3. The Balaban J connectivity index is 1.67. The number of nitrogens with zero attached hydrogens (tertiary/aromatic N) is 3. The summed E-state index contributed by atoms with van der Waals surface area (Å²) in [6, 6.07) is 8.72.